The number of hydrogen-bond donors (Lipinski definition) is 0. The van der Waals surface area contributed by atoms with Gasteiger partial charge in [-0.3, -0.25) is 29.4 Å². The van der Waals surface area contributed by atoms with Crippen molar-refractivity contribution in [3.05, 3.63) is 57.6 Å². The molecule has 1 aliphatic rings. The van der Waals surface area contributed by atoms with Gasteiger partial charge in [-0.15, -0.1) is 0 Å². The van der Waals surface area contributed by atoms with Crippen molar-refractivity contribution >= 4 is 23.5 Å². The lowest BCUT2D eigenvalue weighted by Gasteiger charge is -2.15. The van der Waals surface area contributed by atoms with Crippen molar-refractivity contribution < 1.29 is 33.5 Å². The Morgan fingerprint density at radius 3 is 2.24 bits per heavy atom. The summed E-state index contributed by atoms with van der Waals surface area (Å²) in [6, 6.07) is 8.62. The van der Waals surface area contributed by atoms with Crippen molar-refractivity contribution in [1.29, 1.82) is 0 Å². The Morgan fingerprint density at radius 1 is 1.03 bits per heavy atom. The Morgan fingerprint density at radius 2 is 1.66 bits per heavy atom. The first-order chi connectivity index (χ1) is 13.9. The molecule has 0 unspecified atom stereocenters. The molecule has 0 aromatic heterocycles. The van der Waals surface area contributed by atoms with Gasteiger partial charge in [-0.25, -0.2) is 0 Å². The van der Waals surface area contributed by atoms with Crippen LogP contribution < -0.4 is 14.2 Å². The van der Waals surface area contributed by atoms with E-state index >= 15 is 0 Å². The van der Waals surface area contributed by atoms with Crippen LogP contribution in [0.2, 0.25) is 0 Å². The number of nitro groups is 1. The maximum atomic E-state index is 12.5. The molecule has 1 aliphatic heterocycles. The first-order valence-electron chi connectivity index (χ1n) is 8.44. The summed E-state index contributed by atoms with van der Waals surface area (Å²) in [5.41, 5.74) is -0.795. The van der Waals surface area contributed by atoms with Crippen LogP contribution >= 0.6 is 0 Å². The summed E-state index contributed by atoms with van der Waals surface area (Å²) in [5.74, 6) is -1.64. The largest absolute Gasteiger partial charge is 0.493 e. The van der Waals surface area contributed by atoms with Gasteiger partial charge in [-0.05, 0) is 18.2 Å². The summed E-state index contributed by atoms with van der Waals surface area (Å²) in [6.45, 7) is -0.292. The fourth-order valence-electron chi connectivity index (χ4n) is 2.96. The van der Waals surface area contributed by atoms with Crippen molar-refractivity contribution in [3.8, 4) is 17.2 Å². The number of para-hydroxylation sites is 1. The van der Waals surface area contributed by atoms with Gasteiger partial charge < -0.3 is 14.2 Å². The number of methoxy groups -OCH3 is 2. The third-order valence-electron chi connectivity index (χ3n) is 4.31. The van der Waals surface area contributed by atoms with Crippen LogP contribution in [-0.2, 0) is 4.79 Å². The number of esters is 1. The zero-order valence-corrected chi connectivity index (χ0v) is 15.5. The molecular formula is C19H16N2O8. The minimum absolute atomic E-state index is 0.0658. The molecule has 1 heterocycles. The molecule has 0 radical (unpaired) electrons. The zero-order chi connectivity index (χ0) is 21.1. The lowest BCUT2D eigenvalue weighted by atomic mass is 10.1. The average Bonchev–Trinajstić information content (AvgIpc) is 2.96. The molecule has 2 amide bonds. The molecule has 3 rings (SSSR count). The van der Waals surface area contributed by atoms with Crippen molar-refractivity contribution in [3.63, 3.8) is 0 Å². The Kier molecular flexibility index (Phi) is 5.44. The van der Waals surface area contributed by atoms with Crippen LogP contribution in [0.3, 0.4) is 0 Å². The van der Waals surface area contributed by atoms with E-state index < -0.39 is 28.4 Å². The van der Waals surface area contributed by atoms with Crippen molar-refractivity contribution in [1.82, 2.24) is 4.90 Å². The molecule has 0 bridgehead atoms. The molecule has 150 valence electrons. The third-order valence-corrected chi connectivity index (χ3v) is 4.31. The van der Waals surface area contributed by atoms with Crippen LogP contribution in [0.1, 0.15) is 27.1 Å². The van der Waals surface area contributed by atoms with Gasteiger partial charge in [0, 0.05) is 12.6 Å². The number of carbonyl (C=O) groups excluding carboxylic acids is 3. The summed E-state index contributed by atoms with van der Waals surface area (Å²) in [5, 5.41) is 11.1. The van der Waals surface area contributed by atoms with Gasteiger partial charge in [0.25, 0.3) is 17.5 Å². The number of fused-ring (bicyclic) bond motifs is 1. The number of hydrogen-bond acceptors (Lipinski definition) is 8. The first kappa shape index (κ1) is 19.8. The lowest BCUT2D eigenvalue weighted by Crippen LogP contribution is -2.32. The number of rotatable bonds is 7. The van der Waals surface area contributed by atoms with Crippen LogP contribution in [0.5, 0.6) is 17.2 Å². The van der Waals surface area contributed by atoms with E-state index in [0.717, 1.165) is 11.0 Å². The molecule has 0 saturated heterocycles. The zero-order valence-electron chi connectivity index (χ0n) is 15.5. The van der Waals surface area contributed by atoms with Crippen LogP contribution in [0, 0.1) is 10.1 Å². The van der Waals surface area contributed by atoms with E-state index in [1.54, 1.807) is 18.2 Å². The lowest BCUT2D eigenvalue weighted by molar-refractivity contribution is -0.385. The topological polar surface area (TPSA) is 125 Å². The molecule has 0 N–H and O–H groups in total. The van der Waals surface area contributed by atoms with E-state index in [2.05, 4.69) is 0 Å². The number of nitro benzene ring substituents is 1. The van der Waals surface area contributed by atoms with E-state index in [-0.39, 0.29) is 41.3 Å². The van der Waals surface area contributed by atoms with Crippen LogP contribution in [0.4, 0.5) is 5.69 Å². The molecule has 0 atom stereocenters. The minimum atomic E-state index is -0.819. The highest BCUT2D eigenvalue weighted by Crippen LogP contribution is 2.37. The predicted octanol–water partition coefficient (Wildman–Crippen LogP) is 2.20. The monoisotopic (exact) mass is 400 g/mol. The highest BCUT2D eigenvalue weighted by molar-refractivity contribution is 6.23. The summed E-state index contributed by atoms with van der Waals surface area (Å²) >= 11 is 0. The number of ether oxygens (including phenoxy) is 3. The minimum Gasteiger partial charge on any atom is -0.493 e. The smallest absolute Gasteiger partial charge is 0.313 e. The molecule has 0 spiro atoms. The van der Waals surface area contributed by atoms with E-state index in [1.165, 1.54) is 26.4 Å². The SMILES string of the molecule is COc1cccc(OC)c1OC(=O)CCN1C(=O)c2cccc([N+](=O)[O-])c2C1=O. The van der Waals surface area contributed by atoms with Gasteiger partial charge in [-0.1, -0.05) is 12.1 Å². The second-order valence-corrected chi connectivity index (χ2v) is 5.93. The number of nitrogens with zero attached hydrogens (tertiary/aromatic N) is 2. The second-order valence-electron chi connectivity index (χ2n) is 5.93. The molecule has 10 heteroatoms. The summed E-state index contributed by atoms with van der Waals surface area (Å²) in [7, 11) is 2.80. The molecular weight excluding hydrogens is 384 g/mol. The quantitative estimate of drug-likeness (QED) is 0.228. The highest BCUT2D eigenvalue weighted by Gasteiger charge is 2.40. The van der Waals surface area contributed by atoms with Gasteiger partial charge in [0.05, 0.1) is 31.1 Å². The Balaban J connectivity index is 1.74. The standard InChI is InChI=1S/C19H16N2O8/c1-27-13-7-4-8-14(28-2)17(13)29-15(22)9-10-20-18(23)11-5-3-6-12(21(25)26)16(11)19(20)24/h3-8H,9-10H2,1-2H3. The van der Waals surface area contributed by atoms with E-state index in [9.17, 15) is 24.5 Å². The second kappa shape index (κ2) is 7.97. The summed E-state index contributed by atoms with van der Waals surface area (Å²) < 4.78 is 15.6. The number of amides is 2. The van der Waals surface area contributed by atoms with Gasteiger partial charge in [0.15, 0.2) is 11.5 Å². The summed E-state index contributed by atoms with van der Waals surface area (Å²) in [6.07, 6.45) is -0.319. The Bertz CT molecular complexity index is 995. The maximum absolute atomic E-state index is 12.5. The van der Waals surface area contributed by atoms with Gasteiger partial charge in [0.2, 0.25) is 5.75 Å². The summed E-state index contributed by atoms with van der Waals surface area (Å²) in [4.78, 5) is 48.4. The van der Waals surface area contributed by atoms with Gasteiger partial charge in [0.1, 0.15) is 5.56 Å². The number of imide groups is 1. The number of carbonyl (C=O) groups is 3. The van der Waals surface area contributed by atoms with Gasteiger partial charge in [-0.2, -0.15) is 0 Å². The molecule has 0 saturated carbocycles. The average molecular weight is 400 g/mol. The fraction of sp³-hybridized carbons (Fsp3) is 0.211. The third kappa shape index (κ3) is 3.59. The molecule has 2 aromatic rings. The Labute approximate surface area is 164 Å². The maximum Gasteiger partial charge on any atom is 0.313 e. The number of benzene rings is 2. The van der Waals surface area contributed by atoms with Crippen molar-refractivity contribution in [2.75, 3.05) is 20.8 Å². The predicted molar refractivity (Wildman–Crippen MR) is 98.3 cm³/mol. The van der Waals surface area contributed by atoms with Crippen molar-refractivity contribution in [2.24, 2.45) is 0 Å². The molecule has 0 fully saturated rings. The first-order valence-corrected chi connectivity index (χ1v) is 8.44. The normalized spacial score (nSPS) is 12.6. The van der Waals surface area contributed by atoms with Crippen molar-refractivity contribution in [2.45, 2.75) is 6.42 Å². The van der Waals surface area contributed by atoms with E-state index in [0.29, 0.717) is 0 Å². The highest BCUT2D eigenvalue weighted by atomic mass is 16.6. The van der Waals surface area contributed by atoms with E-state index in [4.69, 9.17) is 14.2 Å². The Hall–Kier alpha value is -3.95. The van der Waals surface area contributed by atoms with E-state index in [1.807, 2.05) is 0 Å². The van der Waals surface area contributed by atoms with Gasteiger partial charge >= 0.3 is 5.97 Å². The fourth-order valence-corrected chi connectivity index (χ4v) is 2.96. The van der Waals surface area contributed by atoms with Crippen LogP contribution in [0.25, 0.3) is 0 Å². The molecule has 10 nitrogen and oxygen atoms in total. The van der Waals surface area contributed by atoms with Crippen LogP contribution in [0.15, 0.2) is 36.4 Å². The van der Waals surface area contributed by atoms with Crippen LogP contribution in [-0.4, -0.2) is 48.4 Å². The molecule has 0 aliphatic carbocycles. The molecule has 29 heavy (non-hydrogen) atoms. The molecule has 2 aromatic carbocycles.